The number of hydrogen-bond donors (Lipinski definition) is 1. The van der Waals surface area contributed by atoms with Crippen LogP contribution in [-0.4, -0.2) is 11.7 Å². The first kappa shape index (κ1) is 22.4. The molecule has 0 aromatic heterocycles. The number of hydrogen-bond acceptors (Lipinski definition) is 1. The van der Waals surface area contributed by atoms with Crippen molar-refractivity contribution in [2.45, 2.75) is 20.8 Å². The minimum Gasteiger partial charge on any atom is -0.397 e. The molecular weight excluding hydrogens is 201 g/mol. The third kappa shape index (κ3) is 204. The molecule has 0 spiro atoms. The van der Waals surface area contributed by atoms with Gasteiger partial charge in [0, 0.05) is 39.3 Å². The minimum absolute atomic E-state index is 0. The van der Waals surface area contributed by atoms with Crippen molar-refractivity contribution in [1.82, 2.24) is 0 Å². The Morgan fingerprint density at radius 1 is 1.20 bits per heavy atom. The van der Waals surface area contributed by atoms with Gasteiger partial charge >= 0.3 is 0 Å². The van der Waals surface area contributed by atoms with Gasteiger partial charge < -0.3 is 30.4 Å². The van der Waals surface area contributed by atoms with Gasteiger partial charge in [0.1, 0.15) is 0 Å². The van der Waals surface area contributed by atoms with E-state index in [4.69, 9.17) is 18.3 Å². The summed E-state index contributed by atoms with van der Waals surface area (Å²) in [6.07, 6.45) is 2.56. The fourth-order valence-corrected chi connectivity index (χ4v) is 0. The van der Waals surface area contributed by atoms with Gasteiger partial charge in [-0.05, 0) is 6.92 Å². The second-order valence-electron chi connectivity index (χ2n) is 0.701. The van der Waals surface area contributed by atoms with Crippen LogP contribution in [0.5, 0.6) is 0 Å². The SMILES string of the molecule is CC.CCO.[CH-]=CC=[CH-].[Y]. The van der Waals surface area contributed by atoms with E-state index in [1.165, 1.54) is 12.2 Å². The van der Waals surface area contributed by atoms with Gasteiger partial charge in [0.2, 0.25) is 0 Å². The molecule has 10 heavy (non-hydrogen) atoms. The minimum atomic E-state index is 0. The van der Waals surface area contributed by atoms with Crippen LogP contribution in [0.3, 0.4) is 0 Å². The normalized spacial score (nSPS) is 4.40. The summed E-state index contributed by atoms with van der Waals surface area (Å²) in [7, 11) is 0. The summed E-state index contributed by atoms with van der Waals surface area (Å²) in [5.74, 6) is 0. The van der Waals surface area contributed by atoms with Crippen molar-refractivity contribution in [1.29, 1.82) is 0 Å². The maximum atomic E-state index is 7.57. The standard InChI is InChI=1S/C4H4.C2H6O.C2H6.Y/c1-3-4-2;1-2-3;1-2;/h1-4H;3H,2H2,1H3;1-2H3;/q-2;;;. The van der Waals surface area contributed by atoms with Gasteiger partial charge in [-0.15, -0.1) is 0 Å². The Labute approximate surface area is 90.1 Å². The fraction of sp³-hybridized carbons (Fsp3) is 0.500. The quantitative estimate of drug-likeness (QED) is 0.526. The molecule has 1 radical (unpaired) electrons. The van der Waals surface area contributed by atoms with Crippen LogP contribution in [0.2, 0.25) is 0 Å². The molecule has 0 bridgehead atoms. The van der Waals surface area contributed by atoms with Crippen LogP contribution in [0.25, 0.3) is 0 Å². The first-order valence-corrected chi connectivity index (χ1v) is 3.02. The van der Waals surface area contributed by atoms with Gasteiger partial charge in [-0.2, -0.15) is 0 Å². The van der Waals surface area contributed by atoms with E-state index in [-0.39, 0.29) is 39.3 Å². The maximum Gasteiger partial charge on any atom is 0.0402 e. The second-order valence-corrected chi connectivity index (χ2v) is 0.701. The fourth-order valence-electron chi connectivity index (χ4n) is 0. The zero-order chi connectivity index (χ0) is 8.12. The zero-order valence-corrected chi connectivity index (χ0v) is 9.88. The van der Waals surface area contributed by atoms with E-state index in [2.05, 4.69) is 0 Å². The largest absolute Gasteiger partial charge is 0.397 e. The van der Waals surface area contributed by atoms with Crippen LogP contribution in [0.4, 0.5) is 0 Å². The number of aliphatic hydroxyl groups excluding tert-OH is 1. The van der Waals surface area contributed by atoms with Gasteiger partial charge in [0.25, 0.3) is 0 Å². The molecule has 0 saturated heterocycles. The predicted octanol–water partition coefficient (Wildman–Crippen LogP) is 1.99. The van der Waals surface area contributed by atoms with E-state index >= 15 is 0 Å². The smallest absolute Gasteiger partial charge is 0.0402 e. The van der Waals surface area contributed by atoms with Crippen molar-refractivity contribution in [2.75, 3.05) is 6.61 Å². The molecular formula is C8H16OY-2. The van der Waals surface area contributed by atoms with E-state index in [0.29, 0.717) is 0 Å². The molecule has 1 N–H and O–H groups in total. The first-order valence-electron chi connectivity index (χ1n) is 3.02. The van der Waals surface area contributed by atoms with Gasteiger partial charge in [0.05, 0.1) is 0 Å². The Morgan fingerprint density at radius 3 is 1.30 bits per heavy atom. The topological polar surface area (TPSA) is 20.2 Å². The van der Waals surface area contributed by atoms with Crippen LogP contribution in [0, 0.1) is 13.2 Å². The van der Waals surface area contributed by atoms with Crippen LogP contribution in [0.1, 0.15) is 20.8 Å². The van der Waals surface area contributed by atoms with Crippen molar-refractivity contribution in [2.24, 2.45) is 0 Å². The molecule has 0 aliphatic rings. The third-order valence-corrected chi connectivity index (χ3v) is 0.111. The Hall–Kier alpha value is 0.544. The average molecular weight is 217 g/mol. The first-order chi connectivity index (χ1) is 4.33. The molecule has 1 nitrogen and oxygen atoms in total. The van der Waals surface area contributed by atoms with Crippen molar-refractivity contribution in [3.8, 4) is 0 Å². The predicted molar refractivity (Wildman–Crippen MR) is 41.8 cm³/mol. The van der Waals surface area contributed by atoms with E-state index in [1.54, 1.807) is 6.92 Å². The van der Waals surface area contributed by atoms with Crippen LogP contribution >= 0.6 is 0 Å². The molecule has 0 amide bonds. The van der Waals surface area contributed by atoms with Gasteiger partial charge in [0.15, 0.2) is 0 Å². The summed E-state index contributed by atoms with van der Waals surface area (Å²) < 4.78 is 0. The van der Waals surface area contributed by atoms with E-state index in [1.807, 2.05) is 13.8 Å². The second kappa shape index (κ2) is 55.5. The van der Waals surface area contributed by atoms with Crippen molar-refractivity contribution >= 4 is 0 Å². The Bertz CT molecular complexity index is 38.5. The molecule has 0 heterocycles. The molecule has 0 saturated carbocycles. The summed E-state index contributed by atoms with van der Waals surface area (Å²) in [5, 5.41) is 7.57. The van der Waals surface area contributed by atoms with Crippen LogP contribution in [0.15, 0.2) is 12.2 Å². The molecule has 59 valence electrons. The van der Waals surface area contributed by atoms with E-state index in [0.717, 1.165) is 0 Å². The molecule has 0 aromatic carbocycles. The zero-order valence-electron chi connectivity index (χ0n) is 7.04. The molecule has 0 unspecified atom stereocenters. The molecule has 0 rings (SSSR count). The van der Waals surface area contributed by atoms with Crippen molar-refractivity contribution < 1.29 is 37.8 Å². The third-order valence-electron chi connectivity index (χ3n) is 0.111. The Kier molecular flexibility index (Phi) is 124. The molecule has 2 heteroatoms. The summed E-state index contributed by atoms with van der Waals surface area (Å²) in [5.41, 5.74) is 0. The van der Waals surface area contributed by atoms with Gasteiger partial charge in [-0.25, -0.2) is 0 Å². The van der Waals surface area contributed by atoms with E-state index in [9.17, 15) is 0 Å². The molecule has 0 aliphatic heterocycles. The number of rotatable bonds is 1. The molecule has 0 aliphatic carbocycles. The van der Waals surface area contributed by atoms with Crippen LogP contribution in [-0.2, 0) is 32.7 Å². The summed E-state index contributed by atoms with van der Waals surface area (Å²) in [6, 6.07) is 0. The average Bonchev–Trinajstić information content (AvgIpc) is 1.94. The van der Waals surface area contributed by atoms with Gasteiger partial charge in [-0.3, -0.25) is 0 Å². The Morgan fingerprint density at radius 2 is 1.30 bits per heavy atom. The Balaban J connectivity index is -0.0000000273. The number of aliphatic hydroxyl groups is 1. The monoisotopic (exact) mass is 217 g/mol. The van der Waals surface area contributed by atoms with Gasteiger partial charge in [-0.1, -0.05) is 13.8 Å². The number of allylic oxidation sites excluding steroid dienone is 2. The van der Waals surface area contributed by atoms with Crippen LogP contribution < -0.4 is 0 Å². The molecule has 0 aromatic rings. The molecule has 0 atom stereocenters. The summed E-state index contributed by atoms with van der Waals surface area (Å²) in [6.45, 7) is 15.4. The maximum absolute atomic E-state index is 7.57. The van der Waals surface area contributed by atoms with E-state index < -0.39 is 0 Å². The summed E-state index contributed by atoms with van der Waals surface area (Å²) in [4.78, 5) is 0. The van der Waals surface area contributed by atoms with Crippen molar-refractivity contribution in [3.63, 3.8) is 0 Å². The molecule has 0 fully saturated rings. The van der Waals surface area contributed by atoms with Crippen molar-refractivity contribution in [3.05, 3.63) is 25.3 Å². The summed E-state index contributed by atoms with van der Waals surface area (Å²) >= 11 is 0.